The summed E-state index contributed by atoms with van der Waals surface area (Å²) in [7, 11) is 0. The molecule has 3 aromatic rings. The zero-order chi connectivity index (χ0) is 14.1. The van der Waals surface area contributed by atoms with Crippen LogP contribution in [0, 0.1) is 0 Å². The van der Waals surface area contributed by atoms with Gasteiger partial charge in [0.25, 0.3) is 5.56 Å². The zero-order valence-electron chi connectivity index (χ0n) is 10.3. The van der Waals surface area contributed by atoms with Crippen LogP contribution >= 0.6 is 27.5 Å². The third-order valence-electron chi connectivity index (χ3n) is 2.89. The van der Waals surface area contributed by atoms with E-state index in [1.807, 2.05) is 18.2 Å². The maximum absolute atomic E-state index is 12.4. The summed E-state index contributed by atoms with van der Waals surface area (Å²) in [5, 5.41) is 0.982. The number of hydrogen-bond acceptors (Lipinski definition) is 3. The second kappa shape index (κ2) is 5.34. The van der Waals surface area contributed by atoms with Crippen molar-refractivity contribution in [2.24, 2.45) is 0 Å². The lowest BCUT2D eigenvalue weighted by Crippen LogP contribution is -2.21. The minimum Gasteiger partial charge on any atom is -0.293 e. The van der Waals surface area contributed by atoms with E-state index in [9.17, 15) is 4.79 Å². The summed E-state index contributed by atoms with van der Waals surface area (Å²) in [5.74, 6) is 0. The van der Waals surface area contributed by atoms with Crippen LogP contribution in [0.1, 0.15) is 5.69 Å². The number of aromatic nitrogens is 3. The summed E-state index contributed by atoms with van der Waals surface area (Å²) >= 11 is 9.21. The number of nitrogens with zero attached hydrogens (tertiary/aromatic N) is 3. The molecule has 4 nitrogen and oxygen atoms in total. The quantitative estimate of drug-likeness (QED) is 0.667. The Hall–Kier alpha value is -1.72. The van der Waals surface area contributed by atoms with Gasteiger partial charge in [-0.1, -0.05) is 33.6 Å². The summed E-state index contributed by atoms with van der Waals surface area (Å²) in [5.41, 5.74) is 1.29. The molecule has 0 aliphatic heterocycles. The SMILES string of the molecule is O=c1c2cc(Br)ccc2ncn1Cc1cccc(Cl)n1. The highest BCUT2D eigenvalue weighted by Crippen LogP contribution is 2.15. The van der Waals surface area contributed by atoms with Crippen LogP contribution in [0.15, 0.2) is 52.0 Å². The van der Waals surface area contributed by atoms with Gasteiger partial charge in [0.15, 0.2) is 0 Å². The molecule has 0 bridgehead atoms. The number of benzene rings is 1. The molecule has 0 N–H and O–H groups in total. The largest absolute Gasteiger partial charge is 0.293 e. The molecular formula is C14H9BrClN3O. The highest BCUT2D eigenvalue weighted by Gasteiger charge is 2.06. The zero-order valence-corrected chi connectivity index (χ0v) is 12.6. The van der Waals surface area contributed by atoms with E-state index in [4.69, 9.17) is 11.6 Å². The van der Waals surface area contributed by atoms with Crippen molar-refractivity contribution in [3.05, 3.63) is 68.4 Å². The molecule has 0 aliphatic carbocycles. The number of hydrogen-bond donors (Lipinski definition) is 0. The fourth-order valence-corrected chi connectivity index (χ4v) is 2.50. The number of rotatable bonds is 2. The Labute approximate surface area is 128 Å². The molecular weight excluding hydrogens is 342 g/mol. The van der Waals surface area contributed by atoms with Crippen LogP contribution in [0.2, 0.25) is 5.15 Å². The molecule has 0 unspecified atom stereocenters. The third-order valence-corrected chi connectivity index (χ3v) is 3.59. The van der Waals surface area contributed by atoms with Crippen LogP contribution in [0.25, 0.3) is 10.9 Å². The minimum atomic E-state index is -0.0990. The Morgan fingerprint density at radius 1 is 1.25 bits per heavy atom. The Morgan fingerprint density at radius 3 is 2.90 bits per heavy atom. The average molecular weight is 351 g/mol. The van der Waals surface area contributed by atoms with Gasteiger partial charge in [-0.25, -0.2) is 9.97 Å². The van der Waals surface area contributed by atoms with E-state index in [1.54, 1.807) is 18.2 Å². The highest BCUT2D eigenvalue weighted by atomic mass is 79.9. The monoisotopic (exact) mass is 349 g/mol. The second-order valence-corrected chi connectivity index (χ2v) is 5.59. The molecule has 6 heteroatoms. The Bertz CT molecular complexity index is 847. The molecule has 0 aliphatic rings. The standard InChI is InChI=1S/C14H9BrClN3O/c15-9-4-5-12-11(6-9)14(20)19(8-17-12)7-10-2-1-3-13(16)18-10/h1-6,8H,7H2. The van der Waals surface area contributed by atoms with Gasteiger partial charge < -0.3 is 0 Å². The van der Waals surface area contributed by atoms with E-state index >= 15 is 0 Å². The summed E-state index contributed by atoms with van der Waals surface area (Å²) < 4.78 is 2.37. The fraction of sp³-hybridized carbons (Fsp3) is 0.0714. The number of fused-ring (bicyclic) bond motifs is 1. The predicted molar refractivity (Wildman–Crippen MR) is 82.1 cm³/mol. The van der Waals surface area contributed by atoms with Crippen molar-refractivity contribution in [3.63, 3.8) is 0 Å². The first-order valence-corrected chi connectivity index (χ1v) is 7.07. The van der Waals surface area contributed by atoms with Gasteiger partial charge in [0.2, 0.25) is 0 Å². The van der Waals surface area contributed by atoms with Crippen LogP contribution in [0.3, 0.4) is 0 Å². The lowest BCUT2D eigenvalue weighted by Gasteiger charge is -2.06. The lowest BCUT2D eigenvalue weighted by molar-refractivity contribution is 0.730. The van der Waals surface area contributed by atoms with Crippen molar-refractivity contribution in [1.29, 1.82) is 0 Å². The topological polar surface area (TPSA) is 47.8 Å². The van der Waals surface area contributed by atoms with Crippen molar-refractivity contribution in [3.8, 4) is 0 Å². The first kappa shape index (κ1) is 13.3. The predicted octanol–water partition coefficient (Wildman–Crippen LogP) is 3.26. The molecule has 0 saturated carbocycles. The van der Waals surface area contributed by atoms with Crippen molar-refractivity contribution in [2.75, 3.05) is 0 Å². The highest BCUT2D eigenvalue weighted by molar-refractivity contribution is 9.10. The maximum Gasteiger partial charge on any atom is 0.261 e. The average Bonchev–Trinajstić information content (AvgIpc) is 2.43. The summed E-state index contributed by atoms with van der Waals surface area (Å²) in [6.07, 6.45) is 1.53. The van der Waals surface area contributed by atoms with Gasteiger partial charge >= 0.3 is 0 Å². The van der Waals surface area contributed by atoms with Gasteiger partial charge in [-0.05, 0) is 30.3 Å². The second-order valence-electron chi connectivity index (χ2n) is 4.29. The van der Waals surface area contributed by atoms with Gasteiger partial charge in [0, 0.05) is 4.47 Å². The molecule has 20 heavy (non-hydrogen) atoms. The first-order chi connectivity index (χ1) is 9.63. The number of pyridine rings is 1. The van der Waals surface area contributed by atoms with Crippen LogP contribution in [-0.4, -0.2) is 14.5 Å². The van der Waals surface area contributed by atoms with Gasteiger partial charge in [-0.2, -0.15) is 0 Å². The van der Waals surface area contributed by atoms with E-state index in [0.29, 0.717) is 22.6 Å². The molecule has 0 saturated heterocycles. The van der Waals surface area contributed by atoms with E-state index in [0.717, 1.165) is 10.2 Å². The molecule has 100 valence electrons. The Morgan fingerprint density at radius 2 is 2.10 bits per heavy atom. The first-order valence-electron chi connectivity index (χ1n) is 5.89. The van der Waals surface area contributed by atoms with Crippen LogP contribution < -0.4 is 5.56 Å². The Kier molecular flexibility index (Phi) is 3.54. The van der Waals surface area contributed by atoms with E-state index in [-0.39, 0.29) is 5.56 Å². The Balaban J connectivity index is 2.08. The number of halogens is 2. The van der Waals surface area contributed by atoms with Gasteiger partial charge in [0.1, 0.15) is 5.15 Å². The van der Waals surface area contributed by atoms with Gasteiger partial charge in [-0.3, -0.25) is 9.36 Å². The molecule has 0 atom stereocenters. The lowest BCUT2D eigenvalue weighted by atomic mass is 10.2. The summed E-state index contributed by atoms with van der Waals surface area (Å²) in [6.45, 7) is 0.342. The van der Waals surface area contributed by atoms with Crippen molar-refractivity contribution < 1.29 is 0 Å². The van der Waals surface area contributed by atoms with E-state index in [2.05, 4.69) is 25.9 Å². The molecule has 3 rings (SSSR count). The summed E-state index contributed by atoms with van der Waals surface area (Å²) in [6, 6.07) is 10.8. The van der Waals surface area contributed by atoms with Crippen LogP contribution in [0.4, 0.5) is 0 Å². The van der Waals surface area contributed by atoms with E-state index < -0.39 is 0 Å². The van der Waals surface area contributed by atoms with Crippen LogP contribution in [-0.2, 0) is 6.54 Å². The molecule has 0 radical (unpaired) electrons. The molecule has 1 aromatic carbocycles. The van der Waals surface area contributed by atoms with Gasteiger partial charge in [-0.15, -0.1) is 0 Å². The van der Waals surface area contributed by atoms with Crippen molar-refractivity contribution in [1.82, 2.24) is 14.5 Å². The summed E-state index contributed by atoms with van der Waals surface area (Å²) in [4.78, 5) is 20.9. The van der Waals surface area contributed by atoms with Gasteiger partial charge in [0.05, 0.1) is 29.5 Å². The van der Waals surface area contributed by atoms with E-state index in [1.165, 1.54) is 10.9 Å². The molecule has 2 aromatic heterocycles. The normalized spacial score (nSPS) is 10.9. The smallest absolute Gasteiger partial charge is 0.261 e. The van der Waals surface area contributed by atoms with Crippen molar-refractivity contribution in [2.45, 2.75) is 6.54 Å². The molecule has 2 heterocycles. The molecule has 0 fully saturated rings. The van der Waals surface area contributed by atoms with Crippen LogP contribution in [0.5, 0.6) is 0 Å². The maximum atomic E-state index is 12.4. The fourth-order valence-electron chi connectivity index (χ4n) is 1.96. The third kappa shape index (κ3) is 2.59. The molecule has 0 amide bonds. The minimum absolute atomic E-state index is 0.0990. The molecule has 0 spiro atoms. The van der Waals surface area contributed by atoms with Crippen molar-refractivity contribution >= 4 is 38.4 Å².